The lowest BCUT2D eigenvalue weighted by molar-refractivity contribution is 0.860. The molecule has 1 aromatic carbocycles. The zero-order chi connectivity index (χ0) is 13.8. The molecule has 1 aliphatic rings. The van der Waals surface area contributed by atoms with E-state index in [-0.39, 0.29) is 0 Å². The van der Waals surface area contributed by atoms with Gasteiger partial charge in [-0.2, -0.15) is 4.40 Å². The number of anilines is 1. The lowest BCUT2D eigenvalue weighted by Gasteiger charge is -2.18. The zero-order valence-electron chi connectivity index (χ0n) is 10.6. The van der Waals surface area contributed by atoms with E-state index in [9.17, 15) is 0 Å². The maximum absolute atomic E-state index is 5.99. The molecule has 0 amide bonds. The van der Waals surface area contributed by atoms with Crippen LogP contribution in [0.4, 0.5) is 5.69 Å². The van der Waals surface area contributed by atoms with Gasteiger partial charge in [-0.3, -0.25) is 4.98 Å². The Labute approximate surface area is 126 Å². The predicted molar refractivity (Wildman–Crippen MR) is 84.3 cm³/mol. The van der Waals surface area contributed by atoms with Crippen LogP contribution in [0.5, 0.6) is 0 Å². The Morgan fingerprint density at radius 1 is 1.30 bits per heavy atom. The summed E-state index contributed by atoms with van der Waals surface area (Å²) in [6, 6.07) is 9.74. The lowest BCUT2D eigenvalue weighted by Crippen LogP contribution is -2.33. The van der Waals surface area contributed by atoms with Crippen molar-refractivity contribution in [3.05, 3.63) is 53.3 Å². The van der Waals surface area contributed by atoms with Crippen LogP contribution in [0.15, 0.2) is 52.0 Å². The van der Waals surface area contributed by atoms with Gasteiger partial charge in [0.15, 0.2) is 0 Å². The van der Waals surface area contributed by atoms with Gasteiger partial charge >= 0.3 is 0 Å². The van der Waals surface area contributed by atoms with Gasteiger partial charge < -0.3 is 10.6 Å². The molecule has 2 N–H and O–H groups in total. The number of hydrogen-bond acceptors (Lipinski definition) is 5. The number of nitrogens with zero attached hydrogens (tertiary/aromatic N) is 2. The third kappa shape index (κ3) is 3.23. The number of pyridine rings is 1. The van der Waals surface area contributed by atoms with E-state index in [1.54, 1.807) is 6.20 Å². The highest BCUT2D eigenvalue weighted by atomic mass is 35.5. The molecule has 0 atom stereocenters. The number of benzene rings is 1. The van der Waals surface area contributed by atoms with Crippen molar-refractivity contribution in [2.75, 3.05) is 11.9 Å². The maximum atomic E-state index is 5.99. The van der Waals surface area contributed by atoms with Crippen LogP contribution in [0, 0.1) is 0 Å². The molecule has 0 spiro atoms. The first-order chi connectivity index (χ1) is 9.81. The Kier molecular flexibility index (Phi) is 4.08. The van der Waals surface area contributed by atoms with Gasteiger partial charge in [-0.1, -0.05) is 17.7 Å². The van der Waals surface area contributed by atoms with Crippen LogP contribution in [-0.4, -0.2) is 17.5 Å². The van der Waals surface area contributed by atoms with Gasteiger partial charge in [-0.15, -0.1) is 0 Å². The number of halogens is 1. The van der Waals surface area contributed by atoms with Crippen LogP contribution < -0.4 is 10.6 Å². The van der Waals surface area contributed by atoms with Crippen LogP contribution in [0.3, 0.4) is 0 Å². The van der Waals surface area contributed by atoms with Crippen molar-refractivity contribution in [1.29, 1.82) is 0 Å². The fourth-order valence-corrected chi connectivity index (χ4v) is 2.68. The van der Waals surface area contributed by atoms with Gasteiger partial charge in [0.05, 0.1) is 10.6 Å². The van der Waals surface area contributed by atoms with Crippen molar-refractivity contribution in [2.45, 2.75) is 11.3 Å². The molecular formula is C14H13ClN4S. The lowest BCUT2D eigenvalue weighted by atomic mass is 10.2. The molecule has 0 aliphatic carbocycles. The summed E-state index contributed by atoms with van der Waals surface area (Å²) in [5.74, 6) is 0.758. The van der Waals surface area contributed by atoms with Crippen molar-refractivity contribution in [1.82, 2.24) is 10.3 Å². The molecule has 4 nitrogen and oxygen atoms in total. The maximum Gasteiger partial charge on any atom is 0.207 e. The van der Waals surface area contributed by atoms with E-state index < -0.39 is 0 Å². The van der Waals surface area contributed by atoms with Gasteiger partial charge in [-0.05, 0) is 36.2 Å². The number of rotatable bonds is 3. The largest absolute Gasteiger partial charge is 0.355 e. The summed E-state index contributed by atoms with van der Waals surface area (Å²) in [6.07, 6.45) is 4.56. The van der Waals surface area contributed by atoms with Crippen molar-refractivity contribution in [3.8, 4) is 0 Å². The average molecular weight is 305 g/mol. The first kappa shape index (κ1) is 13.3. The molecule has 1 aromatic heterocycles. The minimum absolute atomic E-state index is 0.716. The summed E-state index contributed by atoms with van der Waals surface area (Å²) in [5.41, 5.74) is 2.19. The molecular weight excluding hydrogens is 292 g/mol. The summed E-state index contributed by atoms with van der Waals surface area (Å²) in [6.45, 7) is 0.800. The van der Waals surface area contributed by atoms with E-state index in [1.807, 2.05) is 30.5 Å². The summed E-state index contributed by atoms with van der Waals surface area (Å²) < 4.78 is 4.38. The Hall–Kier alpha value is -1.72. The number of guanidine groups is 1. The second-order valence-corrected chi connectivity index (χ2v) is 5.58. The number of hydrogen-bond donors (Lipinski definition) is 2. The third-order valence-corrected chi connectivity index (χ3v) is 3.92. The molecule has 20 heavy (non-hydrogen) atoms. The van der Waals surface area contributed by atoms with Crippen LogP contribution in [0.2, 0.25) is 5.02 Å². The van der Waals surface area contributed by atoms with Crippen LogP contribution in [0.1, 0.15) is 5.56 Å². The third-order valence-electron chi connectivity index (χ3n) is 2.86. The van der Waals surface area contributed by atoms with E-state index in [0.29, 0.717) is 5.02 Å². The molecule has 0 saturated carbocycles. The first-order valence-electron chi connectivity index (χ1n) is 6.25. The minimum atomic E-state index is 0.716. The molecule has 0 unspecified atom stereocenters. The fraction of sp³-hybridized carbons (Fsp3) is 0.143. The number of fused-ring (bicyclic) bond motifs is 1. The predicted octanol–water partition coefficient (Wildman–Crippen LogP) is 3.36. The molecule has 0 saturated heterocycles. The average Bonchev–Trinajstić information content (AvgIpc) is 2.48. The van der Waals surface area contributed by atoms with Crippen LogP contribution in [-0.2, 0) is 6.42 Å². The molecule has 3 rings (SSSR count). The molecule has 2 aromatic rings. The highest BCUT2D eigenvalue weighted by Crippen LogP contribution is 2.33. The molecule has 0 radical (unpaired) electrons. The van der Waals surface area contributed by atoms with E-state index in [1.165, 1.54) is 17.5 Å². The van der Waals surface area contributed by atoms with Crippen LogP contribution >= 0.6 is 23.5 Å². The summed E-state index contributed by atoms with van der Waals surface area (Å²) in [4.78, 5) is 5.17. The first-order valence-corrected chi connectivity index (χ1v) is 7.41. The van der Waals surface area contributed by atoms with Gasteiger partial charge in [-0.25, -0.2) is 0 Å². The van der Waals surface area contributed by atoms with E-state index in [4.69, 9.17) is 11.6 Å². The van der Waals surface area contributed by atoms with E-state index in [2.05, 4.69) is 26.1 Å². The van der Waals surface area contributed by atoms with Crippen molar-refractivity contribution in [2.24, 2.45) is 4.40 Å². The summed E-state index contributed by atoms with van der Waals surface area (Å²) >= 11 is 7.44. The van der Waals surface area contributed by atoms with Gasteiger partial charge in [0.2, 0.25) is 5.96 Å². The van der Waals surface area contributed by atoms with Crippen molar-refractivity contribution < 1.29 is 0 Å². The molecule has 2 heterocycles. The second-order valence-electron chi connectivity index (χ2n) is 4.33. The second kappa shape index (κ2) is 6.15. The smallest absolute Gasteiger partial charge is 0.207 e. The SMILES string of the molecule is Clc1ccc2c(c1)NC(NCCc1cccnc1)=NS2. The normalized spacial score (nSPS) is 13.2. The zero-order valence-corrected chi connectivity index (χ0v) is 12.2. The van der Waals surface area contributed by atoms with E-state index >= 15 is 0 Å². The Morgan fingerprint density at radius 3 is 3.10 bits per heavy atom. The quantitative estimate of drug-likeness (QED) is 0.854. The Bertz CT molecular complexity index is 630. The summed E-state index contributed by atoms with van der Waals surface area (Å²) in [5, 5.41) is 7.24. The van der Waals surface area contributed by atoms with Crippen LogP contribution in [0.25, 0.3) is 0 Å². The van der Waals surface area contributed by atoms with Gasteiger partial charge in [0, 0.05) is 35.9 Å². The standard InChI is InChI=1S/C14H13ClN4S/c15-11-3-4-13-12(8-11)18-14(19-20-13)17-7-5-10-2-1-6-16-9-10/h1-4,6,8-9H,5,7H2,(H2,17,18,19). The number of aromatic nitrogens is 1. The molecule has 0 bridgehead atoms. The van der Waals surface area contributed by atoms with Crippen molar-refractivity contribution >= 4 is 35.2 Å². The molecule has 102 valence electrons. The highest BCUT2D eigenvalue weighted by Gasteiger charge is 2.12. The van der Waals surface area contributed by atoms with Gasteiger partial charge in [0.1, 0.15) is 0 Å². The topological polar surface area (TPSA) is 49.3 Å². The Morgan fingerprint density at radius 2 is 2.25 bits per heavy atom. The van der Waals surface area contributed by atoms with E-state index in [0.717, 1.165) is 29.5 Å². The molecule has 0 fully saturated rings. The van der Waals surface area contributed by atoms with Crippen molar-refractivity contribution in [3.63, 3.8) is 0 Å². The molecule has 6 heteroatoms. The minimum Gasteiger partial charge on any atom is -0.355 e. The monoisotopic (exact) mass is 304 g/mol. The number of nitrogens with one attached hydrogen (secondary N) is 2. The summed E-state index contributed by atoms with van der Waals surface area (Å²) in [7, 11) is 0. The fourth-order valence-electron chi connectivity index (χ4n) is 1.87. The van der Waals surface area contributed by atoms with Gasteiger partial charge in [0.25, 0.3) is 0 Å². The Balaban J connectivity index is 1.56. The molecule has 1 aliphatic heterocycles. The highest BCUT2D eigenvalue weighted by molar-refractivity contribution is 7.98.